The van der Waals surface area contributed by atoms with E-state index in [1.165, 1.54) is 0 Å². The van der Waals surface area contributed by atoms with E-state index in [0.29, 0.717) is 12.3 Å². The number of carbonyl (C=O) groups is 1. The minimum atomic E-state index is -0.321. The van der Waals surface area contributed by atoms with Gasteiger partial charge >= 0.3 is 5.97 Å². The van der Waals surface area contributed by atoms with Crippen LogP contribution in [0.3, 0.4) is 0 Å². The number of benzene rings is 2. The number of rotatable bonds is 2. The van der Waals surface area contributed by atoms with Crippen LogP contribution in [-0.2, 0) is 4.74 Å². The second kappa shape index (κ2) is 5.88. The number of aryl methyl sites for hydroxylation is 2. The van der Waals surface area contributed by atoms with Crippen LogP contribution in [-0.4, -0.2) is 22.5 Å². The zero-order chi connectivity index (χ0) is 17.9. The summed E-state index contributed by atoms with van der Waals surface area (Å²) in [4.78, 5) is 19.1. The first-order valence-electron chi connectivity index (χ1n) is 8.02. The van der Waals surface area contributed by atoms with Gasteiger partial charge in [-0.25, -0.2) is 4.79 Å². The maximum Gasteiger partial charge on any atom is 0.355 e. The van der Waals surface area contributed by atoms with E-state index in [9.17, 15) is 4.79 Å². The Hall–Kier alpha value is -1.79. The number of carbonyl (C=O) groups excluding carboxylic acids is 1. The van der Waals surface area contributed by atoms with E-state index in [2.05, 4.69) is 60.9 Å². The fourth-order valence-corrected chi connectivity index (χ4v) is 4.63. The van der Waals surface area contributed by atoms with Crippen LogP contribution in [0.2, 0.25) is 0 Å². The number of H-pyrrole nitrogens is 2. The minimum Gasteiger partial charge on any atom is -0.461 e. The molecule has 0 saturated heterocycles. The normalized spacial score (nSPS) is 11.7. The van der Waals surface area contributed by atoms with Gasteiger partial charge in [-0.2, -0.15) is 0 Å². The average molecular weight is 464 g/mol. The number of hydrogen-bond donors (Lipinski definition) is 2. The molecule has 0 amide bonds. The van der Waals surface area contributed by atoms with Gasteiger partial charge in [0.05, 0.1) is 22.1 Å². The summed E-state index contributed by atoms with van der Waals surface area (Å²) in [5.74, 6) is -0.321. The lowest BCUT2D eigenvalue weighted by Gasteiger charge is -2.05. The highest BCUT2D eigenvalue weighted by Crippen LogP contribution is 2.42. The molecule has 0 fully saturated rings. The molecule has 0 atom stereocenters. The molecule has 2 heterocycles. The molecule has 0 aliphatic carbocycles. The van der Waals surface area contributed by atoms with Gasteiger partial charge in [0.1, 0.15) is 5.69 Å². The van der Waals surface area contributed by atoms with Crippen molar-refractivity contribution in [3.8, 4) is 0 Å². The summed E-state index contributed by atoms with van der Waals surface area (Å²) in [5, 5.41) is 3.29. The zero-order valence-electron chi connectivity index (χ0n) is 14.0. The first kappa shape index (κ1) is 16.7. The molecule has 0 unspecified atom stereocenters. The highest BCUT2D eigenvalue weighted by Gasteiger charge is 2.22. The molecule has 0 radical (unpaired) electrons. The van der Waals surface area contributed by atoms with Crippen molar-refractivity contribution in [2.75, 3.05) is 6.61 Å². The van der Waals surface area contributed by atoms with Gasteiger partial charge in [0.15, 0.2) is 0 Å². The molecule has 0 bridgehead atoms. The average Bonchev–Trinajstić information content (AvgIpc) is 3.11. The van der Waals surface area contributed by atoms with Crippen molar-refractivity contribution in [1.82, 2.24) is 9.97 Å². The Balaban J connectivity index is 2.15. The van der Waals surface area contributed by atoms with Gasteiger partial charge in [-0.1, -0.05) is 15.9 Å². The van der Waals surface area contributed by atoms with Crippen LogP contribution >= 0.6 is 31.9 Å². The molecule has 128 valence electrons. The number of nitrogens with one attached hydrogen (secondary N) is 2. The fourth-order valence-electron chi connectivity index (χ4n) is 3.56. The van der Waals surface area contributed by atoms with Gasteiger partial charge in [0.2, 0.25) is 0 Å². The molecule has 4 aromatic rings. The van der Waals surface area contributed by atoms with Crippen LogP contribution in [0.5, 0.6) is 0 Å². The van der Waals surface area contributed by atoms with Crippen molar-refractivity contribution in [3.05, 3.63) is 44.0 Å². The van der Waals surface area contributed by atoms with Crippen molar-refractivity contribution in [3.63, 3.8) is 0 Å². The standard InChI is InChI=1S/C19H16Br2N2O2/c1-4-25-19(24)17-9(3)13-8(2)16-14(15(21)18(13)23-17)11-7-10(20)5-6-12(11)22-16/h5-7,22-23H,4H2,1-3H3. The lowest BCUT2D eigenvalue weighted by Crippen LogP contribution is -2.06. The molecule has 2 aromatic carbocycles. The molecule has 25 heavy (non-hydrogen) atoms. The first-order valence-corrected chi connectivity index (χ1v) is 9.61. The monoisotopic (exact) mass is 462 g/mol. The summed E-state index contributed by atoms with van der Waals surface area (Å²) >= 11 is 7.31. The maximum absolute atomic E-state index is 12.3. The second-order valence-electron chi connectivity index (χ2n) is 6.10. The third-order valence-electron chi connectivity index (χ3n) is 4.68. The van der Waals surface area contributed by atoms with Crippen LogP contribution in [0.1, 0.15) is 28.5 Å². The topological polar surface area (TPSA) is 57.9 Å². The number of ether oxygens (including phenoxy) is 1. The highest BCUT2D eigenvalue weighted by molar-refractivity contribution is 9.11. The SMILES string of the molecule is CCOC(=O)c1[nH]c2c(Br)c3c([nH]c4ccc(Br)cc43)c(C)c2c1C. The highest BCUT2D eigenvalue weighted by atomic mass is 79.9. The first-order chi connectivity index (χ1) is 11.9. The fraction of sp³-hybridized carbons (Fsp3) is 0.211. The largest absolute Gasteiger partial charge is 0.461 e. The summed E-state index contributed by atoms with van der Waals surface area (Å²) in [5.41, 5.74) is 5.62. The van der Waals surface area contributed by atoms with Crippen molar-refractivity contribution >= 4 is 70.5 Å². The Morgan fingerprint density at radius 3 is 2.56 bits per heavy atom. The molecular weight excluding hydrogens is 448 g/mol. The van der Waals surface area contributed by atoms with Gasteiger partial charge in [0, 0.05) is 26.1 Å². The summed E-state index contributed by atoms with van der Waals surface area (Å²) < 4.78 is 7.16. The molecule has 0 spiro atoms. The summed E-state index contributed by atoms with van der Waals surface area (Å²) in [6.45, 7) is 6.20. The molecule has 0 aliphatic rings. The van der Waals surface area contributed by atoms with E-state index in [0.717, 1.165) is 52.8 Å². The zero-order valence-corrected chi connectivity index (χ0v) is 17.2. The number of halogens is 2. The van der Waals surface area contributed by atoms with Crippen LogP contribution < -0.4 is 0 Å². The number of aromatic nitrogens is 2. The van der Waals surface area contributed by atoms with Crippen molar-refractivity contribution in [1.29, 1.82) is 0 Å². The van der Waals surface area contributed by atoms with Gasteiger partial charge in [-0.05, 0) is 66.0 Å². The number of hydrogen-bond acceptors (Lipinski definition) is 2. The number of fused-ring (bicyclic) bond motifs is 4. The quantitative estimate of drug-likeness (QED) is 0.352. The molecule has 4 nitrogen and oxygen atoms in total. The maximum atomic E-state index is 12.3. The third kappa shape index (κ3) is 2.34. The van der Waals surface area contributed by atoms with E-state index in [-0.39, 0.29) is 5.97 Å². The summed E-state index contributed by atoms with van der Waals surface area (Å²) in [7, 11) is 0. The van der Waals surface area contributed by atoms with E-state index in [1.54, 1.807) is 0 Å². The van der Waals surface area contributed by atoms with Crippen molar-refractivity contribution < 1.29 is 9.53 Å². The lowest BCUT2D eigenvalue weighted by atomic mass is 10.0. The Labute approximate surface area is 161 Å². The van der Waals surface area contributed by atoms with Crippen LogP contribution in [0.15, 0.2) is 27.1 Å². The second-order valence-corrected chi connectivity index (χ2v) is 7.81. The molecule has 0 saturated carbocycles. The van der Waals surface area contributed by atoms with E-state index >= 15 is 0 Å². The Morgan fingerprint density at radius 1 is 1.08 bits per heavy atom. The predicted molar refractivity (Wildman–Crippen MR) is 108 cm³/mol. The van der Waals surface area contributed by atoms with Gasteiger partial charge in [-0.3, -0.25) is 0 Å². The molecule has 0 aliphatic heterocycles. The Morgan fingerprint density at radius 2 is 1.84 bits per heavy atom. The third-order valence-corrected chi connectivity index (χ3v) is 5.97. The van der Waals surface area contributed by atoms with Crippen molar-refractivity contribution in [2.24, 2.45) is 0 Å². The predicted octanol–water partition coefficient (Wildman–Crippen LogP) is 6.12. The summed E-state index contributed by atoms with van der Waals surface area (Å²) in [6.07, 6.45) is 0. The van der Waals surface area contributed by atoms with E-state index in [1.807, 2.05) is 19.9 Å². The Kier molecular flexibility index (Phi) is 3.92. The van der Waals surface area contributed by atoms with E-state index < -0.39 is 0 Å². The number of esters is 1. The number of aromatic amines is 2. The molecular formula is C19H16Br2N2O2. The van der Waals surface area contributed by atoms with Crippen LogP contribution in [0.4, 0.5) is 0 Å². The van der Waals surface area contributed by atoms with Crippen LogP contribution in [0.25, 0.3) is 32.7 Å². The molecule has 6 heteroatoms. The van der Waals surface area contributed by atoms with Gasteiger partial charge in [0.25, 0.3) is 0 Å². The van der Waals surface area contributed by atoms with Gasteiger partial charge in [-0.15, -0.1) is 0 Å². The van der Waals surface area contributed by atoms with E-state index in [4.69, 9.17) is 4.74 Å². The molecule has 2 aromatic heterocycles. The minimum absolute atomic E-state index is 0.321. The molecule has 2 N–H and O–H groups in total. The smallest absolute Gasteiger partial charge is 0.355 e. The van der Waals surface area contributed by atoms with Gasteiger partial charge < -0.3 is 14.7 Å². The molecule has 4 rings (SSSR count). The van der Waals surface area contributed by atoms with Crippen LogP contribution in [0, 0.1) is 13.8 Å². The lowest BCUT2D eigenvalue weighted by molar-refractivity contribution is 0.0520. The van der Waals surface area contributed by atoms with Crippen molar-refractivity contribution in [2.45, 2.75) is 20.8 Å². The Bertz CT molecular complexity index is 1170. The summed E-state index contributed by atoms with van der Waals surface area (Å²) in [6, 6.07) is 6.19.